The SMILES string of the molecule is COCCOCC(=O)NCCc1cccc(OC)c1. The molecular formula is C14H21NO4. The number of carbonyl (C=O) groups excluding carboxylic acids is 1. The van der Waals surface area contributed by atoms with E-state index in [4.69, 9.17) is 14.2 Å². The number of hydrogen-bond donors (Lipinski definition) is 1. The second-order valence-electron chi connectivity index (χ2n) is 4.00. The Morgan fingerprint density at radius 1 is 1.26 bits per heavy atom. The zero-order valence-corrected chi connectivity index (χ0v) is 11.5. The van der Waals surface area contributed by atoms with E-state index in [0.717, 1.165) is 17.7 Å². The molecule has 1 rings (SSSR count). The van der Waals surface area contributed by atoms with Crippen LogP contribution >= 0.6 is 0 Å². The summed E-state index contributed by atoms with van der Waals surface area (Å²) in [7, 11) is 3.23. The van der Waals surface area contributed by atoms with Gasteiger partial charge in [-0.3, -0.25) is 4.79 Å². The average molecular weight is 267 g/mol. The van der Waals surface area contributed by atoms with E-state index in [1.807, 2.05) is 24.3 Å². The molecule has 1 aromatic carbocycles. The van der Waals surface area contributed by atoms with E-state index in [9.17, 15) is 4.79 Å². The van der Waals surface area contributed by atoms with Gasteiger partial charge in [-0.25, -0.2) is 0 Å². The third-order valence-electron chi connectivity index (χ3n) is 2.53. The lowest BCUT2D eigenvalue weighted by atomic mass is 10.1. The fourth-order valence-corrected chi connectivity index (χ4v) is 1.53. The number of carbonyl (C=O) groups is 1. The van der Waals surface area contributed by atoms with Crippen molar-refractivity contribution in [2.24, 2.45) is 0 Å². The predicted molar refractivity (Wildman–Crippen MR) is 72.4 cm³/mol. The van der Waals surface area contributed by atoms with Crippen LogP contribution in [0.3, 0.4) is 0 Å². The molecule has 5 heteroatoms. The number of ether oxygens (including phenoxy) is 3. The van der Waals surface area contributed by atoms with E-state index < -0.39 is 0 Å². The van der Waals surface area contributed by atoms with Gasteiger partial charge >= 0.3 is 0 Å². The first-order chi connectivity index (χ1) is 9.26. The van der Waals surface area contributed by atoms with Gasteiger partial charge < -0.3 is 19.5 Å². The van der Waals surface area contributed by atoms with E-state index in [1.165, 1.54) is 0 Å². The molecule has 19 heavy (non-hydrogen) atoms. The molecule has 1 aromatic rings. The van der Waals surface area contributed by atoms with Crippen molar-refractivity contribution in [3.63, 3.8) is 0 Å². The summed E-state index contributed by atoms with van der Waals surface area (Å²) in [6.07, 6.45) is 0.765. The number of amides is 1. The van der Waals surface area contributed by atoms with Crippen LogP contribution in [0.25, 0.3) is 0 Å². The minimum absolute atomic E-state index is 0.0709. The number of nitrogens with one attached hydrogen (secondary N) is 1. The van der Waals surface area contributed by atoms with Gasteiger partial charge in [0.1, 0.15) is 12.4 Å². The highest BCUT2D eigenvalue weighted by Crippen LogP contribution is 2.12. The molecule has 0 spiro atoms. The van der Waals surface area contributed by atoms with Crippen LogP contribution in [0.4, 0.5) is 0 Å². The number of benzene rings is 1. The standard InChI is InChI=1S/C14H21NO4/c1-17-8-9-19-11-14(16)15-7-6-12-4-3-5-13(10-12)18-2/h3-5,10H,6-9,11H2,1-2H3,(H,15,16). The van der Waals surface area contributed by atoms with Crippen LogP contribution in [-0.4, -0.2) is 46.5 Å². The molecule has 0 aliphatic heterocycles. The summed E-state index contributed by atoms with van der Waals surface area (Å²) in [5.41, 5.74) is 1.12. The Kier molecular flexibility index (Phi) is 7.62. The van der Waals surface area contributed by atoms with Crippen molar-refractivity contribution in [2.75, 3.05) is 40.6 Å². The van der Waals surface area contributed by atoms with Crippen LogP contribution in [0.2, 0.25) is 0 Å². The highest BCUT2D eigenvalue weighted by Gasteiger charge is 2.01. The first kappa shape index (κ1) is 15.5. The van der Waals surface area contributed by atoms with Crippen molar-refractivity contribution in [2.45, 2.75) is 6.42 Å². The largest absolute Gasteiger partial charge is 0.497 e. The molecule has 0 atom stereocenters. The van der Waals surface area contributed by atoms with Crippen molar-refractivity contribution >= 4 is 5.91 Å². The molecule has 0 radical (unpaired) electrons. The summed E-state index contributed by atoms with van der Waals surface area (Å²) in [6.45, 7) is 1.58. The predicted octanol–water partition coefficient (Wildman–Crippen LogP) is 1.02. The molecule has 1 amide bonds. The summed E-state index contributed by atoms with van der Waals surface area (Å²) < 4.78 is 15.1. The molecule has 5 nitrogen and oxygen atoms in total. The summed E-state index contributed by atoms with van der Waals surface area (Å²) in [6, 6.07) is 7.79. The van der Waals surface area contributed by atoms with Crippen LogP contribution in [0.1, 0.15) is 5.56 Å². The highest BCUT2D eigenvalue weighted by atomic mass is 16.5. The van der Waals surface area contributed by atoms with Crippen LogP contribution in [0.5, 0.6) is 5.75 Å². The molecule has 0 fully saturated rings. The third-order valence-corrected chi connectivity index (χ3v) is 2.53. The molecular weight excluding hydrogens is 246 g/mol. The Hall–Kier alpha value is -1.59. The van der Waals surface area contributed by atoms with Crippen molar-refractivity contribution in [3.8, 4) is 5.75 Å². The fraction of sp³-hybridized carbons (Fsp3) is 0.500. The monoisotopic (exact) mass is 267 g/mol. The maximum atomic E-state index is 11.4. The van der Waals surface area contributed by atoms with Gasteiger partial charge in [0.2, 0.25) is 5.91 Å². The second kappa shape index (κ2) is 9.35. The van der Waals surface area contributed by atoms with Gasteiger partial charge in [0.05, 0.1) is 20.3 Å². The summed E-state index contributed by atoms with van der Waals surface area (Å²) in [5.74, 6) is 0.714. The molecule has 106 valence electrons. The van der Waals surface area contributed by atoms with Crippen molar-refractivity contribution in [1.29, 1.82) is 0 Å². The number of methoxy groups -OCH3 is 2. The Balaban J connectivity index is 2.16. The molecule has 0 unspecified atom stereocenters. The molecule has 0 heterocycles. The molecule has 0 aliphatic carbocycles. The van der Waals surface area contributed by atoms with Gasteiger partial charge in [0.15, 0.2) is 0 Å². The normalized spacial score (nSPS) is 10.2. The highest BCUT2D eigenvalue weighted by molar-refractivity contribution is 5.77. The molecule has 1 N–H and O–H groups in total. The molecule has 0 saturated heterocycles. The topological polar surface area (TPSA) is 56.8 Å². The van der Waals surface area contributed by atoms with Crippen molar-refractivity contribution in [1.82, 2.24) is 5.32 Å². The zero-order chi connectivity index (χ0) is 13.9. The maximum absolute atomic E-state index is 11.4. The molecule has 0 saturated carbocycles. The fourth-order valence-electron chi connectivity index (χ4n) is 1.53. The van der Waals surface area contributed by atoms with Crippen molar-refractivity contribution < 1.29 is 19.0 Å². The van der Waals surface area contributed by atoms with Crippen LogP contribution in [0, 0.1) is 0 Å². The lowest BCUT2D eigenvalue weighted by Crippen LogP contribution is -2.29. The first-order valence-corrected chi connectivity index (χ1v) is 6.22. The number of hydrogen-bond acceptors (Lipinski definition) is 4. The van der Waals surface area contributed by atoms with E-state index >= 15 is 0 Å². The Morgan fingerprint density at radius 3 is 2.84 bits per heavy atom. The summed E-state index contributed by atoms with van der Waals surface area (Å²) >= 11 is 0. The molecule has 0 aromatic heterocycles. The van der Waals surface area contributed by atoms with Gasteiger partial charge in [-0.2, -0.15) is 0 Å². The lowest BCUT2D eigenvalue weighted by Gasteiger charge is -2.07. The van der Waals surface area contributed by atoms with Gasteiger partial charge in [-0.15, -0.1) is 0 Å². The van der Waals surface area contributed by atoms with E-state index in [2.05, 4.69) is 5.32 Å². The van der Waals surface area contributed by atoms with Crippen LogP contribution in [0.15, 0.2) is 24.3 Å². The van der Waals surface area contributed by atoms with Crippen molar-refractivity contribution in [3.05, 3.63) is 29.8 Å². The van der Waals surface area contributed by atoms with E-state index in [0.29, 0.717) is 19.8 Å². The van der Waals surface area contributed by atoms with Gasteiger partial charge in [-0.1, -0.05) is 12.1 Å². The Bertz CT molecular complexity index is 381. The maximum Gasteiger partial charge on any atom is 0.246 e. The molecule has 0 bridgehead atoms. The average Bonchev–Trinajstić information content (AvgIpc) is 2.44. The first-order valence-electron chi connectivity index (χ1n) is 6.22. The van der Waals surface area contributed by atoms with Crippen LogP contribution < -0.4 is 10.1 Å². The minimum Gasteiger partial charge on any atom is -0.497 e. The summed E-state index contributed by atoms with van der Waals surface area (Å²) in [5, 5.41) is 2.80. The quantitative estimate of drug-likeness (QED) is 0.679. The Morgan fingerprint density at radius 2 is 2.11 bits per heavy atom. The zero-order valence-electron chi connectivity index (χ0n) is 11.5. The Labute approximate surface area is 113 Å². The second-order valence-corrected chi connectivity index (χ2v) is 4.00. The van der Waals surface area contributed by atoms with Gasteiger partial charge in [-0.05, 0) is 24.1 Å². The lowest BCUT2D eigenvalue weighted by molar-refractivity contribution is -0.126. The number of rotatable bonds is 9. The van der Waals surface area contributed by atoms with Gasteiger partial charge in [0.25, 0.3) is 0 Å². The smallest absolute Gasteiger partial charge is 0.246 e. The minimum atomic E-state index is -0.112. The van der Waals surface area contributed by atoms with Gasteiger partial charge in [0, 0.05) is 13.7 Å². The summed E-state index contributed by atoms with van der Waals surface area (Å²) in [4.78, 5) is 11.4. The van der Waals surface area contributed by atoms with Crippen LogP contribution in [-0.2, 0) is 20.7 Å². The third kappa shape index (κ3) is 6.79. The van der Waals surface area contributed by atoms with E-state index in [-0.39, 0.29) is 12.5 Å². The molecule has 0 aliphatic rings. The van der Waals surface area contributed by atoms with E-state index in [1.54, 1.807) is 14.2 Å².